The second-order valence-electron chi connectivity index (χ2n) is 11.4. The molecule has 8 heteroatoms. The maximum absolute atomic E-state index is 12.0. The quantitative estimate of drug-likeness (QED) is 0.0725. The highest BCUT2D eigenvalue weighted by Gasteiger charge is 2.34. The van der Waals surface area contributed by atoms with Crippen molar-refractivity contribution in [3.63, 3.8) is 0 Å². The Morgan fingerprint density at radius 1 is 0.894 bits per heavy atom. The number of aromatic nitrogens is 1. The van der Waals surface area contributed by atoms with Gasteiger partial charge in [0.2, 0.25) is 24.0 Å². The van der Waals surface area contributed by atoms with E-state index in [1.165, 1.54) is 4.58 Å². The first-order valence-electron chi connectivity index (χ1n) is 15.9. The standard InChI is InChI=1S/C39H38N6O2/c1-41-33(46)23-12-13-24-34(47)42-25-14-4-3-7-16-29-17-15-18-30(26-29)27-45-37(32-21-10-6-11-22-32)35(31-19-8-5-9-20-31)36-38(40)44(2)28-43-39(36)45/h5-6,8-11,15,17-22,26,28,40H,1-4,12-14,23-25,27H2/p+1. The van der Waals surface area contributed by atoms with Crippen LogP contribution in [0.4, 0.5) is 5.82 Å². The van der Waals surface area contributed by atoms with Crippen molar-refractivity contribution >= 4 is 43.2 Å². The summed E-state index contributed by atoms with van der Waals surface area (Å²) in [5.41, 5.74) is 6.81. The fourth-order valence-corrected chi connectivity index (χ4v) is 5.62. The van der Waals surface area contributed by atoms with E-state index in [-0.39, 0.29) is 11.8 Å². The molecule has 0 atom stereocenters. The maximum Gasteiger partial charge on any atom is 0.271 e. The van der Waals surface area contributed by atoms with E-state index in [1.54, 1.807) is 6.34 Å². The number of unbranched alkanes of at least 4 members (excludes halogenated alkanes) is 3. The zero-order chi connectivity index (χ0) is 33.0. The van der Waals surface area contributed by atoms with Crippen LogP contribution in [0.3, 0.4) is 0 Å². The third-order valence-electron chi connectivity index (χ3n) is 7.96. The molecule has 0 radical (unpaired) electrons. The first kappa shape index (κ1) is 32.7. The number of amides is 2. The lowest BCUT2D eigenvalue weighted by molar-refractivity contribution is -0.246. The molecule has 5 rings (SSSR count). The fourth-order valence-electron chi connectivity index (χ4n) is 5.62. The summed E-state index contributed by atoms with van der Waals surface area (Å²) in [6.45, 7) is 8.39. The highest BCUT2D eigenvalue weighted by atomic mass is 16.2. The summed E-state index contributed by atoms with van der Waals surface area (Å²) in [4.78, 5) is 31.3. The molecule has 0 unspecified atom stereocenters. The van der Waals surface area contributed by atoms with E-state index in [0.717, 1.165) is 64.2 Å². The van der Waals surface area contributed by atoms with Gasteiger partial charge in [0.15, 0.2) is 0 Å². The Morgan fingerprint density at radius 3 is 2.36 bits per heavy atom. The third-order valence-corrected chi connectivity index (χ3v) is 7.96. The molecule has 1 aliphatic heterocycles. The van der Waals surface area contributed by atoms with Gasteiger partial charge in [-0.25, -0.2) is 9.57 Å². The highest BCUT2D eigenvalue weighted by molar-refractivity contribution is 6.10. The Hall–Kier alpha value is -5.68. The minimum atomic E-state index is -0.227. The normalized spacial score (nSPS) is 11.8. The predicted molar refractivity (Wildman–Crippen MR) is 190 cm³/mol. The van der Waals surface area contributed by atoms with Crippen LogP contribution in [0.15, 0.2) is 94.9 Å². The lowest BCUT2D eigenvalue weighted by atomic mass is 9.96. The molecule has 3 aromatic carbocycles. The second-order valence-corrected chi connectivity index (χ2v) is 11.4. The van der Waals surface area contributed by atoms with Crippen LogP contribution in [0.2, 0.25) is 0 Å². The van der Waals surface area contributed by atoms with Crippen molar-refractivity contribution in [1.29, 1.82) is 5.41 Å². The molecule has 0 saturated heterocycles. The van der Waals surface area contributed by atoms with E-state index < -0.39 is 0 Å². The number of nitrogens with zero attached hydrogens (tertiary/aromatic N) is 4. The van der Waals surface area contributed by atoms with E-state index in [4.69, 9.17) is 10.4 Å². The van der Waals surface area contributed by atoms with Gasteiger partial charge in [0, 0.05) is 43.7 Å². The zero-order valence-corrected chi connectivity index (χ0v) is 26.5. The SMILES string of the molecule is C=NC(=O)CCCCC(=O)NCCCCC#Cc1cccc(Cn2c3c(c(-c4ccccc4)c2-c2ccccc2)C(=N)[N+](=C)C=N3)c1. The average Bonchev–Trinajstić information content (AvgIpc) is 3.42. The van der Waals surface area contributed by atoms with Crippen LogP contribution < -0.4 is 5.32 Å². The molecular weight excluding hydrogens is 584 g/mol. The minimum Gasteiger partial charge on any atom is -0.356 e. The number of aliphatic imine (C=N–C) groups is 2. The summed E-state index contributed by atoms with van der Waals surface area (Å²) in [7, 11) is 0. The van der Waals surface area contributed by atoms with Gasteiger partial charge in [-0.2, -0.15) is 5.41 Å². The molecule has 4 aromatic rings. The number of hydrogen-bond acceptors (Lipinski definition) is 4. The summed E-state index contributed by atoms with van der Waals surface area (Å²) >= 11 is 0. The molecule has 0 aliphatic carbocycles. The number of amidine groups is 1. The van der Waals surface area contributed by atoms with Crippen LogP contribution >= 0.6 is 0 Å². The molecule has 47 heavy (non-hydrogen) atoms. The number of rotatable bonds is 13. The van der Waals surface area contributed by atoms with Gasteiger partial charge >= 0.3 is 0 Å². The Morgan fingerprint density at radius 2 is 1.62 bits per heavy atom. The van der Waals surface area contributed by atoms with Crippen molar-refractivity contribution in [3.8, 4) is 34.2 Å². The molecule has 2 N–H and O–H groups in total. The van der Waals surface area contributed by atoms with Gasteiger partial charge < -0.3 is 9.88 Å². The van der Waals surface area contributed by atoms with Crippen molar-refractivity contribution in [3.05, 3.63) is 102 Å². The molecule has 2 heterocycles. The van der Waals surface area contributed by atoms with Crippen LogP contribution in [-0.2, 0) is 16.1 Å². The lowest BCUT2D eigenvalue weighted by Crippen LogP contribution is -2.23. The number of carbonyl (C=O) groups is 2. The summed E-state index contributed by atoms with van der Waals surface area (Å²) in [5, 5.41) is 11.9. The topological polar surface area (TPSA) is 103 Å². The lowest BCUT2D eigenvalue weighted by Gasteiger charge is -2.13. The smallest absolute Gasteiger partial charge is 0.271 e. The van der Waals surface area contributed by atoms with Gasteiger partial charge in [-0.05, 0) is 61.2 Å². The van der Waals surface area contributed by atoms with Crippen LogP contribution in [0.25, 0.3) is 22.4 Å². The monoisotopic (exact) mass is 623 g/mol. The first-order valence-corrected chi connectivity index (χ1v) is 15.9. The largest absolute Gasteiger partial charge is 0.356 e. The molecule has 0 spiro atoms. The summed E-state index contributed by atoms with van der Waals surface area (Å²) in [6, 6.07) is 28.7. The Labute approximate surface area is 276 Å². The predicted octanol–water partition coefficient (Wildman–Crippen LogP) is 7.01. The number of nitrogens with one attached hydrogen (secondary N) is 2. The summed E-state index contributed by atoms with van der Waals surface area (Å²) in [6.07, 6.45) is 6.14. The van der Waals surface area contributed by atoms with Gasteiger partial charge in [-0.15, -0.1) is 0 Å². The van der Waals surface area contributed by atoms with Crippen LogP contribution in [0, 0.1) is 17.3 Å². The highest BCUT2D eigenvalue weighted by Crippen LogP contribution is 2.44. The molecule has 2 amide bonds. The van der Waals surface area contributed by atoms with Crippen LogP contribution in [-0.4, -0.2) is 53.1 Å². The second kappa shape index (κ2) is 16.1. The van der Waals surface area contributed by atoms with Crippen molar-refractivity contribution < 1.29 is 14.2 Å². The Bertz CT molecular complexity index is 1880. The third kappa shape index (κ3) is 8.33. The number of carbonyl (C=O) groups excluding carboxylic acids is 2. The zero-order valence-electron chi connectivity index (χ0n) is 26.5. The van der Waals surface area contributed by atoms with Crippen LogP contribution in [0.1, 0.15) is 61.6 Å². The number of hydrogen-bond donors (Lipinski definition) is 2. The van der Waals surface area contributed by atoms with E-state index in [9.17, 15) is 9.59 Å². The molecular formula is C39H39N6O2+. The van der Waals surface area contributed by atoms with Gasteiger partial charge in [-0.3, -0.25) is 9.59 Å². The first-order chi connectivity index (χ1) is 23.0. The van der Waals surface area contributed by atoms with Crippen LogP contribution in [0.5, 0.6) is 0 Å². The fraction of sp³-hybridized carbons (Fsp3) is 0.231. The van der Waals surface area contributed by atoms with Gasteiger partial charge in [-0.1, -0.05) is 89.6 Å². The van der Waals surface area contributed by atoms with E-state index in [0.29, 0.717) is 44.6 Å². The Balaban J connectivity index is 1.28. The maximum atomic E-state index is 12.0. The van der Waals surface area contributed by atoms with E-state index in [2.05, 4.69) is 76.6 Å². The number of fused-ring (bicyclic) bond motifs is 1. The summed E-state index contributed by atoms with van der Waals surface area (Å²) < 4.78 is 3.71. The Kier molecular flexibility index (Phi) is 11.2. The van der Waals surface area contributed by atoms with Crippen molar-refractivity contribution in [2.45, 2.75) is 51.5 Å². The van der Waals surface area contributed by atoms with Gasteiger partial charge in [0.25, 0.3) is 5.84 Å². The summed E-state index contributed by atoms with van der Waals surface area (Å²) in [5.74, 6) is 7.41. The molecule has 0 saturated carbocycles. The molecule has 8 nitrogen and oxygen atoms in total. The van der Waals surface area contributed by atoms with Crippen molar-refractivity contribution in [2.24, 2.45) is 9.98 Å². The van der Waals surface area contributed by atoms with Gasteiger partial charge in [0.1, 0.15) is 5.56 Å². The molecule has 1 aliphatic rings. The molecule has 0 bridgehead atoms. The number of benzene rings is 3. The van der Waals surface area contributed by atoms with E-state index in [1.807, 2.05) is 48.5 Å². The average molecular weight is 624 g/mol. The molecule has 1 aromatic heterocycles. The van der Waals surface area contributed by atoms with Gasteiger partial charge in [0.05, 0.1) is 12.2 Å². The van der Waals surface area contributed by atoms with E-state index >= 15 is 0 Å². The molecule has 0 fully saturated rings. The molecule has 236 valence electrons. The van der Waals surface area contributed by atoms with Crippen molar-refractivity contribution in [1.82, 2.24) is 9.88 Å². The minimum absolute atomic E-state index is 0.00778. The van der Waals surface area contributed by atoms with Crippen molar-refractivity contribution in [2.75, 3.05) is 6.54 Å².